The molecule has 36 heavy (non-hydrogen) atoms. The molecule has 1 amide bonds. The third kappa shape index (κ3) is 3.74. The van der Waals surface area contributed by atoms with Gasteiger partial charge in [0.15, 0.2) is 22.4 Å². The number of thiazole rings is 1. The van der Waals surface area contributed by atoms with Crippen molar-refractivity contribution in [2.24, 2.45) is 5.92 Å². The Balaban J connectivity index is 1.74. The minimum absolute atomic E-state index is 0.355. The van der Waals surface area contributed by atoms with Crippen molar-refractivity contribution in [3.8, 4) is 11.5 Å². The number of fused-ring (bicyclic) bond motifs is 1. The van der Waals surface area contributed by atoms with Crippen LogP contribution in [0.2, 0.25) is 0 Å². The summed E-state index contributed by atoms with van der Waals surface area (Å²) < 4.78 is 12.0. The molecule has 0 spiro atoms. The smallest absolute Gasteiger partial charge is 0.297 e. The number of amides is 1. The van der Waals surface area contributed by atoms with E-state index in [1.807, 2.05) is 26.0 Å². The highest BCUT2D eigenvalue weighted by atomic mass is 32.1. The molecular weight excluding hydrogens is 476 g/mol. The van der Waals surface area contributed by atoms with Crippen molar-refractivity contribution < 1.29 is 23.9 Å². The normalized spacial score (nSPS) is 17.6. The molecule has 2 unspecified atom stereocenters. The zero-order valence-electron chi connectivity index (χ0n) is 20.3. The van der Waals surface area contributed by atoms with Crippen LogP contribution in [-0.4, -0.2) is 36.7 Å². The van der Waals surface area contributed by atoms with Gasteiger partial charge in [-0.25, -0.2) is 4.98 Å². The number of methoxy groups -OCH3 is 2. The van der Waals surface area contributed by atoms with Crippen LogP contribution in [0.15, 0.2) is 60.7 Å². The zero-order valence-corrected chi connectivity index (χ0v) is 21.1. The molecular formula is C28H24N2O5S. The number of rotatable bonds is 6. The maximum atomic E-state index is 13.7. The number of para-hydroxylation sites is 1. The average molecular weight is 501 g/mol. The van der Waals surface area contributed by atoms with Crippen LogP contribution in [0.3, 0.4) is 0 Å². The molecule has 1 saturated heterocycles. The largest absolute Gasteiger partial charge is 0.493 e. The van der Waals surface area contributed by atoms with E-state index in [0.29, 0.717) is 27.8 Å². The molecule has 2 heterocycles. The van der Waals surface area contributed by atoms with Crippen molar-refractivity contribution in [3.63, 3.8) is 0 Å². The Labute approximate surface area is 212 Å². The topological polar surface area (TPSA) is 85.8 Å². The summed E-state index contributed by atoms with van der Waals surface area (Å²) in [7, 11) is 3.00. The van der Waals surface area contributed by atoms with Crippen molar-refractivity contribution in [2.75, 3.05) is 19.1 Å². The van der Waals surface area contributed by atoms with Crippen molar-refractivity contribution in [1.82, 2.24) is 4.98 Å². The number of carbonyl (C=O) groups excluding carboxylic acids is 3. The molecule has 0 bridgehead atoms. The van der Waals surface area contributed by atoms with E-state index in [0.717, 1.165) is 21.3 Å². The first-order valence-electron chi connectivity index (χ1n) is 11.4. The second kappa shape index (κ2) is 9.20. The number of nitrogens with zero attached hydrogens (tertiary/aromatic N) is 2. The highest BCUT2D eigenvalue weighted by Gasteiger charge is 2.54. The van der Waals surface area contributed by atoms with Crippen LogP contribution in [0.25, 0.3) is 10.2 Å². The van der Waals surface area contributed by atoms with Crippen molar-refractivity contribution in [3.05, 3.63) is 82.9 Å². The van der Waals surface area contributed by atoms with Gasteiger partial charge in [-0.15, -0.1) is 0 Å². The fourth-order valence-corrected chi connectivity index (χ4v) is 6.02. The van der Waals surface area contributed by atoms with E-state index in [9.17, 15) is 14.4 Å². The van der Waals surface area contributed by atoms with Crippen LogP contribution < -0.4 is 14.4 Å². The number of hydrogen-bond donors (Lipinski definition) is 0. The third-order valence-corrected chi connectivity index (χ3v) is 7.43. The molecule has 0 N–H and O–H groups in total. The van der Waals surface area contributed by atoms with Gasteiger partial charge >= 0.3 is 0 Å². The van der Waals surface area contributed by atoms with E-state index in [1.165, 1.54) is 30.5 Å². The van der Waals surface area contributed by atoms with Gasteiger partial charge in [-0.05, 0) is 37.1 Å². The van der Waals surface area contributed by atoms with Crippen molar-refractivity contribution in [2.45, 2.75) is 19.9 Å². The second-order valence-corrected chi connectivity index (χ2v) is 9.71. The molecule has 4 aromatic rings. The van der Waals surface area contributed by atoms with Gasteiger partial charge in [0.1, 0.15) is 5.92 Å². The number of aromatic nitrogens is 1. The third-order valence-electron chi connectivity index (χ3n) is 6.42. The fourth-order valence-electron chi connectivity index (χ4n) is 4.85. The van der Waals surface area contributed by atoms with E-state index in [-0.39, 0.29) is 0 Å². The Morgan fingerprint density at radius 2 is 1.72 bits per heavy atom. The number of benzene rings is 3. The van der Waals surface area contributed by atoms with E-state index >= 15 is 0 Å². The van der Waals surface area contributed by atoms with Crippen LogP contribution >= 0.6 is 11.3 Å². The molecule has 7 nitrogen and oxygen atoms in total. The first-order valence-corrected chi connectivity index (χ1v) is 12.2. The average Bonchev–Trinajstić information content (AvgIpc) is 3.42. The monoisotopic (exact) mass is 500 g/mol. The fraction of sp³-hybridized carbons (Fsp3) is 0.214. The number of hydrogen-bond acceptors (Lipinski definition) is 7. The maximum absolute atomic E-state index is 13.7. The van der Waals surface area contributed by atoms with Gasteiger partial charge in [0.05, 0.1) is 30.5 Å². The summed E-state index contributed by atoms with van der Waals surface area (Å²) >= 11 is 1.32. The Morgan fingerprint density at radius 3 is 2.42 bits per heavy atom. The molecule has 3 aromatic carbocycles. The van der Waals surface area contributed by atoms with E-state index in [2.05, 4.69) is 0 Å². The quantitative estimate of drug-likeness (QED) is 0.208. The number of aryl methyl sites for hydroxylation is 2. The van der Waals surface area contributed by atoms with Gasteiger partial charge in [-0.3, -0.25) is 19.3 Å². The lowest BCUT2D eigenvalue weighted by molar-refractivity contribution is -0.135. The van der Waals surface area contributed by atoms with Gasteiger partial charge in [0, 0.05) is 11.1 Å². The Hall–Kier alpha value is -4.04. The molecule has 2 atom stereocenters. The zero-order chi connectivity index (χ0) is 25.6. The molecule has 1 fully saturated rings. The summed E-state index contributed by atoms with van der Waals surface area (Å²) in [5, 5.41) is 0.357. The number of Topliss-reactive ketones (excluding diaryl/α,β-unsaturated/α-hetero) is 2. The predicted molar refractivity (Wildman–Crippen MR) is 138 cm³/mol. The minimum atomic E-state index is -1.27. The van der Waals surface area contributed by atoms with Gasteiger partial charge in [0.25, 0.3) is 5.91 Å². The number of carbonyl (C=O) groups is 3. The summed E-state index contributed by atoms with van der Waals surface area (Å²) in [5.41, 5.74) is 3.65. The number of anilines is 1. The molecule has 182 valence electrons. The van der Waals surface area contributed by atoms with Gasteiger partial charge in [0.2, 0.25) is 5.78 Å². The Bertz CT molecular complexity index is 1510. The second-order valence-electron chi connectivity index (χ2n) is 8.70. The first-order chi connectivity index (χ1) is 17.3. The lowest BCUT2D eigenvalue weighted by Crippen LogP contribution is -2.31. The lowest BCUT2D eigenvalue weighted by atomic mass is 9.86. The van der Waals surface area contributed by atoms with E-state index in [1.54, 1.807) is 48.5 Å². The standard InChI is InChI=1S/C28H24N2O5S/c1-15-13-16(2)22-20(14-15)36-28(29-22)30-23(18-11-8-12-19(34-3)26(18)35-4)21(25(32)27(30)33)24(31)17-9-6-5-7-10-17/h5-14,21,23H,1-4H3. The predicted octanol–water partition coefficient (Wildman–Crippen LogP) is 5.09. The summed E-state index contributed by atoms with van der Waals surface area (Å²) in [6, 6.07) is 16.8. The molecule has 8 heteroatoms. The molecule has 1 aliphatic rings. The van der Waals surface area contributed by atoms with Gasteiger partial charge in [-0.1, -0.05) is 59.9 Å². The van der Waals surface area contributed by atoms with E-state index < -0.39 is 29.4 Å². The maximum Gasteiger partial charge on any atom is 0.297 e. The number of ether oxygens (including phenoxy) is 2. The van der Waals surface area contributed by atoms with Crippen LogP contribution in [0.1, 0.15) is 33.1 Å². The van der Waals surface area contributed by atoms with Crippen LogP contribution in [0.5, 0.6) is 11.5 Å². The van der Waals surface area contributed by atoms with Gasteiger partial charge in [-0.2, -0.15) is 0 Å². The summed E-state index contributed by atoms with van der Waals surface area (Å²) in [5.74, 6) is -2.45. The summed E-state index contributed by atoms with van der Waals surface area (Å²) in [4.78, 5) is 46.8. The molecule has 0 radical (unpaired) electrons. The summed E-state index contributed by atoms with van der Waals surface area (Å²) in [6.45, 7) is 3.95. The number of ketones is 2. The summed E-state index contributed by atoms with van der Waals surface area (Å²) in [6.07, 6.45) is 0. The SMILES string of the molecule is COc1cccc(C2C(C(=O)c3ccccc3)C(=O)C(=O)N2c2nc3c(C)cc(C)cc3s2)c1OC. The van der Waals surface area contributed by atoms with Crippen molar-refractivity contribution >= 4 is 44.2 Å². The van der Waals surface area contributed by atoms with Crippen LogP contribution in [0.4, 0.5) is 5.13 Å². The molecule has 1 aromatic heterocycles. The van der Waals surface area contributed by atoms with Gasteiger partial charge < -0.3 is 9.47 Å². The Kier molecular flexibility index (Phi) is 6.05. The molecule has 5 rings (SSSR count). The molecule has 0 aliphatic carbocycles. The van der Waals surface area contributed by atoms with Crippen LogP contribution in [0, 0.1) is 19.8 Å². The van der Waals surface area contributed by atoms with Crippen molar-refractivity contribution in [1.29, 1.82) is 0 Å². The molecule has 1 aliphatic heterocycles. The molecule has 0 saturated carbocycles. The highest BCUT2D eigenvalue weighted by Crippen LogP contribution is 2.48. The lowest BCUT2D eigenvalue weighted by Gasteiger charge is -2.27. The first kappa shape index (κ1) is 23.7. The van der Waals surface area contributed by atoms with Crippen LogP contribution in [-0.2, 0) is 9.59 Å². The minimum Gasteiger partial charge on any atom is -0.493 e. The highest BCUT2D eigenvalue weighted by molar-refractivity contribution is 7.22. The Morgan fingerprint density at radius 1 is 0.972 bits per heavy atom. The van der Waals surface area contributed by atoms with E-state index in [4.69, 9.17) is 14.5 Å².